The summed E-state index contributed by atoms with van der Waals surface area (Å²) in [4.78, 5) is 12.1. The van der Waals surface area contributed by atoms with Crippen LogP contribution in [0, 0.1) is 17.7 Å². The Morgan fingerprint density at radius 1 is 1.47 bits per heavy atom. The first-order chi connectivity index (χ1) is 9.15. The van der Waals surface area contributed by atoms with Crippen LogP contribution in [0.5, 0.6) is 0 Å². The minimum absolute atomic E-state index is 0.0591. The zero-order chi connectivity index (χ0) is 13.4. The van der Waals surface area contributed by atoms with Gasteiger partial charge in [-0.15, -0.1) is 0 Å². The summed E-state index contributed by atoms with van der Waals surface area (Å²) in [5.41, 5.74) is 0.487. The summed E-state index contributed by atoms with van der Waals surface area (Å²) in [7, 11) is 0. The first-order valence-corrected chi connectivity index (χ1v) is 7.08. The molecule has 1 aliphatic heterocycles. The number of carbonyl (C=O) groups is 1. The predicted octanol–water partition coefficient (Wildman–Crippen LogP) is 1.98. The minimum atomic E-state index is -0.302. The summed E-state index contributed by atoms with van der Waals surface area (Å²) in [6, 6.07) is 4.54. The quantitative estimate of drug-likeness (QED) is 0.835. The Morgan fingerprint density at radius 2 is 2.32 bits per heavy atom. The van der Waals surface area contributed by atoms with E-state index in [1.165, 1.54) is 6.07 Å². The van der Waals surface area contributed by atoms with Crippen LogP contribution in [0.3, 0.4) is 0 Å². The van der Waals surface area contributed by atoms with Crippen LogP contribution in [0.25, 0.3) is 0 Å². The lowest BCUT2D eigenvalue weighted by Crippen LogP contribution is -2.44. The Balaban J connectivity index is 1.61. The Hall–Kier alpha value is -1.20. The third-order valence-corrected chi connectivity index (χ3v) is 4.27. The second kappa shape index (κ2) is 5.06. The molecule has 2 aliphatic rings. The van der Waals surface area contributed by atoms with E-state index in [2.05, 4.69) is 38.7 Å². The monoisotopic (exact) mass is 324 g/mol. The maximum atomic E-state index is 13.5. The van der Waals surface area contributed by atoms with Crippen LogP contribution < -0.4 is 10.6 Å². The van der Waals surface area contributed by atoms with Gasteiger partial charge in [-0.25, -0.2) is 4.39 Å². The van der Waals surface area contributed by atoms with Crippen molar-refractivity contribution < 1.29 is 9.18 Å². The number of halogens is 2. The van der Waals surface area contributed by atoms with Crippen LogP contribution in [-0.4, -0.2) is 18.5 Å². The topological polar surface area (TPSA) is 41.1 Å². The third-order valence-electron chi connectivity index (χ3n) is 3.78. The van der Waals surface area contributed by atoms with Crippen molar-refractivity contribution >= 4 is 21.8 Å². The third kappa shape index (κ3) is 2.44. The van der Waals surface area contributed by atoms with E-state index in [0.29, 0.717) is 17.4 Å². The smallest absolute Gasteiger partial charge is 0.238 e. The lowest BCUT2D eigenvalue weighted by Gasteiger charge is -2.24. The SMILES string of the molecule is O=C(NCc1cc(Br)ccc1F)C1NCC2C=CC21. The normalized spacial score (nSPS) is 27.8. The molecule has 0 bridgehead atoms. The highest BCUT2D eigenvalue weighted by Gasteiger charge is 2.41. The fourth-order valence-corrected chi connectivity index (χ4v) is 3.01. The first-order valence-electron chi connectivity index (χ1n) is 6.28. The summed E-state index contributed by atoms with van der Waals surface area (Å²) in [5.74, 6) is 0.422. The van der Waals surface area contributed by atoms with Crippen molar-refractivity contribution in [2.75, 3.05) is 6.54 Å². The molecule has 5 heteroatoms. The highest BCUT2D eigenvalue weighted by molar-refractivity contribution is 9.10. The van der Waals surface area contributed by atoms with E-state index in [1.54, 1.807) is 12.1 Å². The molecule has 1 heterocycles. The van der Waals surface area contributed by atoms with E-state index in [1.807, 2.05) is 0 Å². The largest absolute Gasteiger partial charge is 0.351 e. The average Bonchev–Trinajstić information content (AvgIpc) is 2.65. The van der Waals surface area contributed by atoms with Crippen molar-refractivity contribution in [3.05, 3.63) is 46.2 Å². The molecule has 1 amide bonds. The van der Waals surface area contributed by atoms with E-state index < -0.39 is 0 Å². The minimum Gasteiger partial charge on any atom is -0.351 e. The lowest BCUT2D eigenvalue weighted by molar-refractivity contribution is -0.123. The van der Waals surface area contributed by atoms with Crippen molar-refractivity contribution in [2.24, 2.45) is 11.8 Å². The van der Waals surface area contributed by atoms with Crippen molar-refractivity contribution in [1.29, 1.82) is 0 Å². The molecule has 1 aromatic rings. The number of fused-ring (bicyclic) bond motifs is 1. The number of amides is 1. The first kappa shape index (κ1) is 12.8. The molecular weight excluding hydrogens is 311 g/mol. The van der Waals surface area contributed by atoms with Gasteiger partial charge in [-0.3, -0.25) is 4.79 Å². The molecule has 0 radical (unpaired) electrons. The van der Waals surface area contributed by atoms with Gasteiger partial charge in [-0.1, -0.05) is 28.1 Å². The summed E-state index contributed by atoms with van der Waals surface area (Å²) >= 11 is 3.30. The van der Waals surface area contributed by atoms with Crippen LogP contribution in [0.4, 0.5) is 4.39 Å². The van der Waals surface area contributed by atoms with Crippen molar-refractivity contribution in [2.45, 2.75) is 12.6 Å². The average molecular weight is 325 g/mol. The fraction of sp³-hybridized carbons (Fsp3) is 0.357. The molecule has 0 spiro atoms. The van der Waals surface area contributed by atoms with Gasteiger partial charge < -0.3 is 10.6 Å². The van der Waals surface area contributed by atoms with Crippen molar-refractivity contribution in [3.63, 3.8) is 0 Å². The van der Waals surface area contributed by atoms with Crippen LogP contribution in [0.15, 0.2) is 34.8 Å². The van der Waals surface area contributed by atoms with E-state index in [9.17, 15) is 9.18 Å². The maximum Gasteiger partial charge on any atom is 0.238 e. The number of nitrogens with one attached hydrogen (secondary N) is 2. The molecule has 3 unspecified atom stereocenters. The molecule has 100 valence electrons. The molecular formula is C14H14BrFN2O. The number of hydrogen-bond acceptors (Lipinski definition) is 2. The Kier molecular flexibility index (Phi) is 3.41. The lowest BCUT2D eigenvalue weighted by atomic mass is 9.81. The van der Waals surface area contributed by atoms with Gasteiger partial charge in [0, 0.05) is 29.0 Å². The maximum absolute atomic E-state index is 13.5. The van der Waals surface area contributed by atoms with Gasteiger partial charge in [0.1, 0.15) is 5.82 Å². The molecule has 0 saturated carbocycles. The Bertz CT molecular complexity index is 546. The summed E-state index contributed by atoms with van der Waals surface area (Å²) in [5, 5.41) is 6.00. The van der Waals surface area contributed by atoms with Gasteiger partial charge in [0.25, 0.3) is 0 Å². The number of rotatable bonds is 3. The molecule has 3 nitrogen and oxygen atoms in total. The zero-order valence-electron chi connectivity index (χ0n) is 10.2. The van der Waals surface area contributed by atoms with Gasteiger partial charge in [0.15, 0.2) is 0 Å². The highest BCUT2D eigenvalue weighted by Crippen LogP contribution is 2.33. The van der Waals surface area contributed by atoms with Crippen molar-refractivity contribution in [3.8, 4) is 0 Å². The van der Waals surface area contributed by atoms with E-state index in [4.69, 9.17) is 0 Å². The zero-order valence-corrected chi connectivity index (χ0v) is 11.8. The number of carbonyl (C=O) groups excluding carboxylic acids is 1. The summed E-state index contributed by atoms with van der Waals surface area (Å²) in [6.45, 7) is 1.06. The van der Waals surface area contributed by atoms with E-state index >= 15 is 0 Å². The molecule has 1 saturated heterocycles. The molecule has 1 aromatic carbocycles. The van der Waals surface area contributed by atoms with E-state index in [0.717, 1.165) is 11.0 Å². The van der Waals surface area contributed by atoms with Gasteiger partial charge in [0.2, 0.25) is 5.91 Å². The second-order valence-corrected chi connectivity index (χ2v) is 5.88. The van der Waals surface area contributed by atoms with Crippen LogP contribution in [0.2, 0.25) is 0 Å². The standard InChI is InChI=1S/C14H14BrFN2O/c15-10-2-4-12(16)9(5-10)7-18-14(19)13-11-3-1-8(11)6-17-13/h1-5,8,11,13,17H,6-7H2,(H,18,19). The fourth-order valence-electron chi connectivity index (χ4n) is 2.60. The number of hydrogen-bond donors (Lipinski definition) is 2. The highest BCUT2D eigenvalue weighted by atomic mass is 79.9. The van der Waals surface area contributed by atoms with Gasteiger partial charge in [-0.2, -0.15) is 0 Å². The Labute approximate surface area is 119 Å². The molecule has 3 atom stereocenters. The van der Waals surface area contributed by atoms with Gasteiger partial charge >= 0.3 is 0 Å². The second-order valence-electron chi connectivity index (χ2n) is 4.97. The van der Waals surface area contributed by atoms with Crippen LogP contribution in [0.1, 0.15) is 5.56 Å². The molecule has 2 N–H and O–H groups in total. The summed E-state index contributed by atoms with van der Waals surface area (Å²) in [6.07, 6.45) is 4.19. The molecule has 0 aromatic heterocycles. The van der Waals surface area contributed by atoms with Crippen LogP contribution >= 0.6 is 15.9 Å². The molecule has 3 rings (SSSR count). The molecule has 1 fully saturated rings. The van der Waals surface area contributed by atoms with Crippen LogP contribution in [-0.2, 0) is 11.3 Å². The molecule has 19 heavy (non-hydrogen) atoms. The number of benzene rings is 1. The molecule has 1 aliphatic carbocycles. The Morgan fingerprint density at radius 3 is 3.00 bits per heavy atom. The summed E-state index contributed by atoms with van der Waals surface area (Å²) < 4.78 is 14.4. The van der Waals surface area contributed by atoms with E-state index in [-0.39, 0.29) is 24.3 Å². The predicted molar refractivity (Wildman–Crippen MR) is 73.9 cm³/mol. The van der Waals surface area contributed by atoms with Crippen molar-refractivity contribution in [1.82, 2.24) is 10.6 Å². The van der Waals surface area contributed by atoms with Gasteiger partial charge in [0.05, 0.1) is 6.04 Å². The van der Waals surface area contributed by atoms with Gasteiger partial charge in [-0.05, 0) is 24.1 Å².